The Balaban J connectivity index is 2.46. The molecule has 1 rings (SSSR count). The highest BCUT2D eigenvalue weighted by molar-refractivity contribution is 5.86. The van der Waals surface area contributed by atoms with Crippen LogP contribution in [0, 0.1) is 6.92 Å². The average molecular weight is 209 g/mol. The number of likely N-dealkylation sites (N-methyl/N-ethyl adjacent to an activating group) is 1. The van der Waals surface area contributed by atoms with Gasteiger partial charge < -0.3 is 9.52 Å². The van der Waals surface area contributed by atoms with Gasteiger partial charge in [0.2, 0.25) is 0 Å². The van der Waals surface area contributed by atoms with Crippen LogP contribution in [0.2, 0.25) is 0 Å². The van der Waals surface area contributed by atoms with Gasteiger partial charge >= 0.3 is 5.97 Å². The van der Waals surface area contributed by atoms with Gasteiger partial charge in [0.05, 0.1) is 6.54 Å². The Morgan fingerprint density at radius 3 is 2.73 bits per heavy atom. The lowest BCUT2D eigenvalue weighted by Gasteiger charge is -2.14. The van der Waals surface area contributed by atoms with Gasteiger partial charge in [-0.05, 0) is 26.1 Å². The molecule has 15 heavy (non-hydrogen) atoms. The van der Waals surface area contributed by atoms with Crippen molar-refractivity contribution in [3.8, 4) is 0 Å². The van der Waals surface area contributed by atoms with Crippen LogP contribution in [0.1, 0.15) is 11.5 Å². The van der Waals surface area contributed by atoms with Crippen LogP contribution in [0.25, 0.3) is 0 Å². The number of hydrogen-bond acceptors (Lipinski definition) is 3. The lowest BCUT2D eigenvalue weighted by Crippen LogP contribution is -2.22. The molecule has 1 N–H and O–H groups in total. The Morgan fingerprint density at radius 2 is 2.27 bits per heavy atom. The van der Waals surface area contributed by atoms with E-state index in [-0.39, 0.29) is 5.57 Å². The van der Waals surface area contributed by atoms with Crippen molar-refractivity contribution >= 4 is 5.97 Å². The fourth-order valence-corrected chi connectivity index (χ4v) is 1.29. The maximum absolute atomic E-state index is 10.5. The molecule has 1 aromatic heterocycles. The standard InChI is InChI=1S/C11H15NO3/c1-8(11(13)14)6-12(3)7-10-5-4-9(2)15-10/h4-5H,1,6-7H2,2-3H3,(H,13,14). The van der Waals surface area contributed by atoms with E-state index >= 15 is 0 Å². The Morgan fingerprint density at radius 1 is 1.60 bits per heavy atom. The number of aryl methyl sites for hydroxylation is 1. The van der Waals surface area contributed by atoms with E-state index in [1.165, 1.54) is 0 Å². The molecule has 1 aromatic rings. The van der Waals surface area contributed by atoms with Crippen LogP contribution in [0.15, 0.2) is 28.7 Å². The maximum Gasteiger partial charge on any atom is 0.332 e. The SMILES string of the molecule is C=C(CN(C)Cc1ccc(C)o1)C(=O)O. The van der Waals surface area contributed by atoms with Crippen molar-refractivity contribution < 1.29 is 14.3 Å². The molecular weight excluding hydrogens is 194 g/mol. The molecule has 0 amide bonds. The molecular formula is C11H15NO3. The summed E-state index contributed by atoms with van der Waals surface area (Å²) in [6.07, 6.45) is 0. The smallest absolute Gasteiger partial charge is 0.332 e. The van der Waals surface area contributed by atoms with E-state index in [0.717, 1.165) is 11.5 Å². The first-order chi connectivity index (χ1) is 6.99. The molecule has 0 aliphatic carbocycles. The van der Waals surface area contributed by atoms with Crippen molar-refractivity contribution in [2.24, 2.45) is 0 Å². The minimum atomic E-state index is -0.961. The van der Waals surface area contributed by atoms with Crippen molar-refractivity contribution in [2.75, 3.05) is 13.6 Å². The van der Waals surface area contributed by atoms with Gasteiger partial charge in [0.1, 0.15) is 11.5 Å². The highest BCUT2D eigenvalue weighted by Crippen LogP contribution is 2.09. The van der Waals surface area contributed by atoms with Gasteiger partial charge in [0.25, 0.3) is 0 Å². The minimum absolute atomic E-state index is 0.181. The highest BCUT2D eigenvalue weighted by atomic mass is 16.4. The van der Waals surface area contributed by atoms with Crippen molar-refractivity contribution in [3.63, 3.8) is 0 Å². The number of hydrogen-bond donors (Lipinski definition) is 1. The lowest BCUT2D eigenvalue weighted by atomic mass is 10.3. The summed E-state index contributed by atoms with van der Waals surface area (Å²) in [5.41, 5.74) is 0.181. The number of aliphatic carboxylic acids is 1. The molecule has 0 radical (unpaired) electrons. The Bertz CT molecular complexity index is 368. The highest BCUT2D eigenvalue weighted by Gasteiger charge is 2.09. The van der Waals surface area contributed by atoms with E-state index in [9.17, 15) is 4.79 Å². The molecule has 0 bridgehead atoms. The summed E-state index contributed by atoms with van der Waals surface area (Å²) in [7, 11) is 1.83. The third-order valence-corrected chi connectivity index (χ3v) is 1.98. The molecule has 0 saturated carbocycles. The van der Waals surface area contributed by atoms with Gasteiger partial charge in [-0.2, -0.15) is 0 Å². The normalized spacial score (nSPS) is 10.6. The zero-order chi connectivity index (χ0) is 11.4. The maximum atomic E-state index is 10.5. The van der Waals surface area contributed by atoms with Crippen LogP contribution in [-0.4, -0.2) is 29.6 Å². The molecule has 0 aromatic carbocycles. The first kappa shape index (κ1) is 11.5. The number of furan rings is 1. The molecule has 1 heterocycles. The van der Waals surface area contributed by atoms with Crippen LogP contribution in [0.5, 0.6) is 0 Å². The summed E-state index contributed by atoms with van der Waals surface area (Å²) in [5.74, 6) is 0.723. The molecule has 0 unspecified atom stereocenters. The largest absolute Gasteiger partial charge is 0.478 e. The van der Waals surface area contributed by atoms with Gasteiger partial charge in [-0.3, -0.25) is 4.90 Å². The Labute approximate surface area is 88.8 Å². The topological polar surface area (TPSA) is 53.7 Å². The summed E-state index contributed by atoms with van der Waals surface area (Å²) in [6.45, 7) is 6.26. The predicted molar refractivity (Wildman–Crippen MR) is 56.6 cm³/mol. The van der Waals surface area contributed by atoms with E-state index < -0.39 is 5.97 Å². The van der Waals surface area contributed by atoms with Crippen LogP contribution >= 0.6 is 0 Å². The van der Waals surface area contributed by atoms with Crippen molar-refractivity contribution in [1.82, 2.24) is 4.90 Å². The fraction of sp³-hybridized carbons (Fsp3) is 0.364. The molecule has 0 atom stereocenters. The molecule has 4 nitrogen and oxygen atoms in total. The van der Waals surface area contributed by atoms with Gasteiger partial charge in [0.15, 0.2) is 0 Å². The number of carbonyl (C=O) groups is 1. The van der Waals surface area contributed by atoms with Crippen molar-refractivity contribution in [2.45, 2.75) is 13.5 Å². The van der Waals surface area contributed by atoms with Crippen LogP contribution in [-0.2, 0) is 11.3 Å². The quantitative estimate of drug-likeness (QED) is 0.749. The zero-order valence-corrected chi connectivity index (χ0v) is 8.99. The average Bonchev–Trinajstić information content (AvgIpc) is 2.50. The third kappa shape index (κ3) is 3.59. The first-order valence-corrected chi connectivity index (χ1v) is 4.64. The summed E-state index contributed by atoms with van der Waals surface area (Å²) >= 11 is 0. The summed E-state index contributed by atoms with van der Waals surface area (Å²) in [6, 6.07) is 3.77. The molecule has 0 saturated heterocycles. The number of carboxylic acid groups (broad SMARTS) is 1. The molecule has 82 valence electrons. The zero-order valence-electron chi connectivity index (χ0n) is 8.99. The molecule has 0 aliphatic rings. The number of rotatable bonds is 5. The second-order valence-corrected chi connectivity index (χ2v) is 3.59. The summed E-state index contributed by atoms with van der Waals surface area (Å²) in [4.78, 5) is 12.4. The van der Waals surface area contributed by atoms with E-state index in [1.54, 1.807) is 0 Å². The van der Waals surface area contributed by atoms with Crippen LogP contribution in [0.4, 0.5) is 0 Å². The first-order valence-electron chi connectivity index (χ1n) is 4.64. The second kappa shape index (κ2) is 4.79. The number of nitrogens with zero attached hydrogens (tertiary/aromatic N) is 1. The van der Waals surface area contributed by atoms with E-state index in [2.05, 4.69) is 6.58 Å². The van der Waals surface area contributed by atoms with Crippen molar-refractivity contribution in [1.29, 1.82) is 0 Å². The van der Waals surface area contributed by atoms with Crippen LogP contribution < -0.4 is 0 Å². The summed E-state index contributed by atoms with van der Waals surface area (Å²) in [5, 5.41) is 8.65. The van der Waals surface area contributed by atoms with Gasteiger partial charge in [-0.25, -0.2) is 4.79 Å². The van der Waals surface area contributed by atoms with Gasteiger partial charge in [-0.1, -0.05) is 6.58 Å². The fourth-order valence-electron chi connectivity index (χ4n) is 1.29. The van der Waals surface area contributed by atoms with Gasteiger partial charge in [0, 0.05) is 12.1 Å². The lowest BCUT2D eigenvalue weighted by molar-refractivity contribution is -0.132. The molecule has 0 spiro atoms. The van der Waals surface area contributed by atoms with Crippen LogP contribution in [0.3, 0.4) is 0 Å². The summed E-state index contributed by atoms with van der Waals surface area (Å²) < 4.78 is 5.38. The Hall–Kier alpha value is -1.55. The molecule has 0 aliphatic heterocycles. The third-order valence-electron chi connectivity index (χ3n) is 1.98. The van der Waals surface area contributed by atoms with E-state index in [0.29, 0.717) is 13.1 Å². The second-order valence-electron chi connectivity index (χ2n) is 3.59. The predicted octanol–water partition coefficient (Wildman–Crippen LogP) is 1.66. The monoisotopic (exact) mass is 209 g/mol. The number of carboxylic acids is 1. The van der Waals surface area contributed by atoms with E-state index in [4.69, 9.17) is 9.52 Å². The van der Waals surface area contributed by atoms with E-state index in [1.807, 2.05) is 31.0 Å². The molecule has 0 fully saturated rings. The Kier molecular flexibility index (Phi) is 3.68. The van der Waals surface area contributed by atoms with Gasteiger partial charge in [-0.15, -0.1) is 0 Å². The van der Waals surface area contributed by atoms with Crippen molar-refractivity contribution in [3.05, 3.63) is 35.8 Å². The molecule has 4 heteroatoms. The minimum Gasteiger partial charge on any atom is -0.478 e.